The number of hydrogen-bond donors (Lipinski definition) is 1. The van der Waals surface area contributed by atoms with Crippen molar-refractivity contribution in [2.24, 2.45) is 5.41 Å². The molecule has 1 saturated heterocycles. The topological polar surface area (TPSA) is 47.6 Å². The monoisotopic (exact) mass is 361 g/mol. The molecule has 0 aromatic heterocycles. The van der Waals surface area contributed by atoms with E-state index in [9.17, 15) is 9.18 Å². The van der Waals surface area contributed by atoms with E-state index in [1.807, 2.05) is 19.9 Å². The lowest BCUT2D eigenvalue weighted by molar-refractivity contribution is -0.284. The molecule has 4 nitrogen and oxygen atoms in total. The molecule has 1 aliphatic carbocycles. The van der Waals surface area contributed by atoms with Gasteiger partial charge in [-0.05, 0) is 25.0 Å². The summed E-state index contributed by atoms with van der Waals surface area (Å²) in [6.45, 7) is 9.41. The summed E-state index contributed by atoms with van der Waals surface area (Å²) < 4.78 is 23.7. The lowest BCUT2D eigenvalue weighted by atomic mass is 9.90. The van der Waals surface area contributed by atoms with Gasteiger partial charge in [0.25, 0.3) is 0 Å². The Morgan fingerprint density at radius 2 is 1.73 bits per heavy atom. The predicted octanol–water partition coefficient (Wildman–Crippen LogP) is 4.55. The molecule has 1 spiro atoms. The second-order valence-electron chi connectivity index (χ2n) is 6.79. The number of ether oxygens (including phenoxy) is 2. The van der Waals surface area contributed by atoms with Crippen molar-refractivity contribution < 1.29 is 18.7 Å². The molecule has 0 unspecified atom stereocenters. The number of amides is 1. The summed E-state index contributed by atoms with van der Waals surface area (Å²) in [5.41, 5.74) is 0.673. The summed E-state index contributed by atoms with van der Waals surface area (Å²) in [4.78, 5) is 11.0. The molecule has 0 saturated carbocycles. The van der Waals surface area contributed by atoms with E-state index in [1.54, 1.807) is 18.2 Å². The van der Waals surface area contributed by atoms with E-state index in [0.717, 1.165) is 19.3 Å². The standard InChI is InChI=1S/C12H18BNO3.C6H5F.C2H6/c1-11(2)7-16-12(17-8-11)6-4-3-5-9(12)14-10(13)15;7-6-4-2-1-3-5-6;1-2/h5H,3-4,6-8H2,1-2H3,(H,14,15);1-5H;1-2H3. The van der Waals surface area contributed by atoms with Gasteiger partial charge >= 0.3 is 0 Å². The molecule has 2 radical (unpaired) electrons. The Kier molecular flexibility index (Phi) is 9.03. The molecule has 0 bridgehead atoms. The number of carbonyl (C=O) groups excluding carboxylic acids is 1. The van der Waals surface area contributed by atoms with Gasteiger partial charge in [-0.3, -0.25) is 4.79 Å². The zero-order valence-corrected chi connectivity index (χ0v) is 16.2. The van der Waals surface area contributed by atoms with Crippen LogP contribution in [0, 0.1) is 11.2 Å². The lowest BCUT2D eigenvalue weighted by Crippen LogP contribution is -2.53. The Hall–Kier alpha value is -1.66. The molecule has 1 aliphatic heterocycles. The zero-order valence-electron chi connectivity index (χ0n) is 16.2. The summed E-state index contributed by atoms with van der Waals surface area (Å²) in [5.74, 6) is -1.54. The average molecular weight is 361 g/mol. The fourth-order valence-electron chi connectivity index (χ4n) is 2.57. The van der Waals surface area contributed by atoms with Crippen molar-refractivity contribution in [1.82, 2.24) is 5.32 Å². The smallest absolute Gasteiger partial charge is 0.209 e. The van der Waals surface area contributed by atoms with E-state index in [4.69, 9.17) is 17.3 Å². The maximum Gasteiger partial charge on any atom is 0.209 e. The number of allylic oxidation sites excluding steroid dienone is 1. The Morgan fingerprint density at radius 1 is 1.15 bits per heavy atom. The van der Waals surface area contributed by atoms with Gasteiger partial charge in [-0.2, -0.15) is 0 Å². The van der Waals surface area contributed by atoms with Crippen LogP contribution in [-0.4, -0.2) is 32.7 Å². The summed E-state index contributed by atoms with van der Waals surface area (Å²) in [5, 5.41) is 2.62. The predicted molar refractivity (Wildman–Crippen MR) is 102 cm³/mol. The van der Waals surface area contributed by atoms with Crippen LogP contribution in [0.1, 0.15) is 47.0 Å². The largest absolute Gasteiger partial charge is 0.344 e. The third kappa shape index (κ3) is 6.92. The number of nitrogens with one attached hydrogen (secondary N) is 1. The molecular formula is C20H29BFNO3. The first-order chi connectivity index (χ1) is 12.3. The minimum Gasteiger partial charge on any atom is -0.344 e. The Bertz CT molecular complexity index is 580. The van der Waals surface area contributed by atoms with Crippen molar-refractivity contribution >= 4 is 13.7 Å². The molecule has 6 heteroatoms. The quantitative estimate of drug-likeness (QED) is 0.747. The average Bonchev–Trinajstić information content (AvgIpc) is 2.62. The second kappa shape index (κ2) is 10.5. The minimum atomic E-state index is -0.789. The Labute approximate surface area is 157 Å². The van der Waals surface area contributed by atoms with Gasteiger partial charge < -0.3 is 14.8 Å². The van der Waals surface area contributed by atoms with Crippen molar-refractivity contribution in [3.05, 3.63) is 47.9 Å². The zero-order chi connectivity index (χ0) is 19.6. The SMILES string of the molecule is CC.Fc1ccccc1.[B]C(=O)NC1=CCCCC12OCC(C)(C)CO2. The van der Waals surface area contributed by atoms with E-state index in [2.05, 4.69) is 19.2 Å². The van der Waals surface area contributed by atoms with Crippen molar-refractivity contribution in [2.75, 3.05) is 13.2 Å². The Morgan fingerprint density at radius 3 is 2.19 bits per heavy atom. The van der Waals surface area contributed by atoms with Gasteiger partial charge in [0, 0.05) is 11.8 Å². The van der Waals surface area contributed by atoms with Crippen molar-refractivity contribution in [2.45, 2.75) is 52.7 Å². The minimum absolute atomic E-state index is 0.0144. The molecule has 142 valence electrons. The molecule has 26 heavy (non-hydrogen) atoms. The van der Waals surface area contributed by atoms with Gasteiger partial charge in [-0.25, -0.2) is 4.39 Å². The molecule has 1 amide bonds. The van der Waals surface area contributed by atoms with Crippen molar-refractivity contribution in [3.63, 3.8) is 0 Å². The van der Waals surface area contributed by atoms with Gasteiger partial charge in [0.1, 0.15) is 5.82 Å². The van der Waals surface area contributed by atoms with Crippen LogP contribution in [0.3, 0.4) is 0 Å². The normalized spacial score (nSPS) is 19.8. The van der Waals surface area contributed by atoms with Crippen LogP contribution in [0.2, 0.25) is 0 Å². The van der Waals surface area contributed by atoms with Gasteiger partial charge in [-0.15, -0.1) is 0 Å². The number of carbonyl (C=O) groups is 1. The number of hydrogen-bond acceptors (Lipinski definition) is 3. The van der Waals surface area contributed by atoms with E-state index >= 15 is 0 Å². The highest BCUT2D eigenvalue weighted by Gasteiger charge is 2.44. The second-order valence-corrected chi connectivity index (χ2v) is 6.79. The van der Waals surface area contributed by atoms with Crippen LogP contribution in [0.15, 0.2) is 42.1 Å². The number of rotatable bonds is 1. The van der Waals surface area contributed by atoms with E-state index in [-0.39, 0.29) is 11.2 Å². The van der Waals surface area contributed by atoms with Crippen LogP contribution in [0.25, 0.3) is 0 Å². The highest BCUT2D eigenvalue weighted by molar-refractivity contribution is 6.57. The maximum atomic E-state index is 11.9. The molecule has 1 fully saturated rings. The van der Waals surface area contributed by atoms with Gasteiger partial charge in [-0.1, -0.05) is 52.0 Å². The van der Waals surface area contributed by atoms with Crippen molar-refractivity contribution in [3.8, 4) is 0 Å². The molecule has 1 aromatic rings. The van der Waals surface area contributed by atoms with Gasteiger partial charge in [0.2, 0.25) is 13.6 Å². The van der Waals surface area contributed by atoms with E-state index in [1.165, 1.54) is 12.1 Å². The summed E-state index contributed by atoms with van der Waals surface area (Å²) >= 11 is 0. The molecule has 1 aromatic carbocycles. The number of halogens is 1. The maximum absolute atomic E-state index is 11.9. The first-order valence-electron chi connectivity index (χ1n) is 9.09. The van der Waals surface area contributed by atoms with E-state index < -0.39 is 11.6 Å². The fourth-order valence-corrected chi connectivity index (χ4v) is 2.57. The molecular weight excluding hydrogens is 332 g/mol. The first kappa shape index (κ1) is 22.4. The van der Waals surface area contributed by atoms with Gasteiger partial charge in [0.05, 0.1) is 18.9 Å². The van der Waals surface area contributed by atoms with Crippen LogP contribution in [-0.2, 0) is 9.47 Å². The summed E-state index contributed by atoms with van der Waals surface area (Å²) in [6.07, 6.45) is 4.60. The summed E-state index contributed by atoms with van der Waals surface area (Å²) in [6, 6.07) is 7.94. The molecule has 1 heterocycles. The highest BCUT2D eigenvalue weighted by atomic mass is 19.1. The Balaban J connectivity index is 0.000000313. The lowest BCUT2D eigenvalue weighted by Gasteiger charge is -2.46. The van der Waals surface area contributed by atoms with E-state index in [0.29, 0.717) is 18.9 Å². The third-order valence-corrected chi connectivity index (χ3v) is 3.85. The third-order valence-electron chi connectivity index (χ3n) is 3.85. The molecule has 2 aliphatic rings. The van der Waals surface area contributed by atoms with Crippen LogP contribution < -0.4 is 5.32 Å². The first-order valence-corrected chi connectivity index (χ1v) is 9.09. The fraction of sp³-hybridized carbons (Fsp3) is 0.550. The molecule has 3 rings (SSSR count). The van der Waals surface area contributed by atoms with Crippen LogP contribution in [0.5, 0.6) is 0 Å². The van der Waals surface area contributed by atoms with Gasteiger partial charge in [0.15, 0.2) is 5.81 Å². The highest BCUT2D eigenvalue weighted by Crippen LogP contribution is 2.39. The van der Waals surface area contributed by atoms with Crippen molar-refractivity contribution in [1.29, 1.82) is 0 Å². The molecule has 1 N–H and O–H groups in total. The van der Waals surface area contributed by atoms with Crippen LogP contribution >= 0.6 is 0 Å². The number of benzene rings is 1. The van der Waals surface area contributed by atoms with Crippen LogP contribution in [0.4, 0.5) is 9.18 Å². The molecule has 0 atom stereocenters. The summed E-state index contributed by atoms with van der Waals surface area (Å²) in [7, 11) is 5.16.